The largest absolute Gasteiger partial charge is 0.481 e. The molecule has 1 aromatic carbocycles. The molecule has 2 aromatic rings. The van der Waals surface area contributed by atoms with E-state index in [0.717, 1.165) is 0 Å². The van der Waals surface area contributed by atoms with Gasteiger partial charge in [-0.15, -0.1) is 0 Å². The molecule has 0 spiro atoms. The maximum Gasteiger partial charge on any atom is 0.307 e. The number of sulfonamides is 1. The van der Waals surface area contributed by atoms with Crippen molar-refractivity contribution in [3.05, 3.63) is 41.2 Å². The molecule has 0 radical (unpaired) electrons. The molecule has 166 valence electrons. The average molecular weight is 448 g/mol. The number of nitrogens with zero attached hydrogens (tertiary/aromatic N) is 4. The number of aromatic nitrogens is 2. The first-order valence-corrected chi connectivity index (χ1v) is 11.2. The van der Waals surface area contributed by atoms with Gasteiger partial charge in [0.05, 0.1) is 17.7 Å². The number of rotatable bonds is 9. The van der Waals surface area contributed by atoms with Crippen LogP contribution in [0.25, 0.3) is 0 Å². The van der Waals surface area contributed by atoms with Gasteiger partial charge in [-0.05, 0) is 37.5 Å². The molecular weight excluding hydrogens is 422 g/mol. The summed E-state index contributed by atoms with van der Waals surface area (Å²) < 4.78 is 26.8. The maximum atomic E-state index is 12.8. The number of aliphatic carboxylic acids is 1. The predicted octanol–water partition coefficient (Wildman–Crippen LogP) is 0.984. The smallest absolute Gasteiger partial charge is 0.307 e. The molecule has 1 aliphatic heterocycles. The van der Waals surface area contributed by atoms with Crippen LogP contribution in [-0.2, 0) is 32.5 Å². The van der Waals surface area contributed by atoms with E-state index in [2.05, 4.69) is 9.97 Å². The van der Waals surface area contributed by atoms with Gasteiger partial charge in [-0.3, -0.25) is 14.5 Å². The van der Waals surface area contributed by atoms with Gasteiger partial charge in [0, 0.05) is 25.7 Å². The zero-order valence-corrected chi connectivity index (χ0v) is 18.2. The molecule has 1 aliphatic rings. The lowest BCUT2D eigenvalue weighted by atomic mass is 10.2. The monoisotopic (exact) mass is 447 g/mol. The minimum atomic E-state index is -3.74. The van der Waals surface area contributed by atoms with Crippen molar-refractivity contribution in [2.75, 3.05) is 30.8 Å². The lowest BCUT2D eigenvalue weighted by molar-refractivity contribution is -0.136. The number of aryl methyl sites for hydroxylation is 1. The fourth-order valence-electron chi connectivity index (χ4n) is 3.49. The first-order valence-electron chi connectivity index (χ1n) is 9.80. The number of carboxylic acids is 1. The van der Waals surface area contributed by atoms with Crippen molar-refractivity contribution in [2.45, 2.75) is 37.5 Å². The number of nitrogens with two attached hydrogens (primary N) is 1. The standard InChI is InChI=1S/C20H25N5O5S/c1-13-22-19(21)16-12-17(26)25(20(16)23-13)9-4-3-8-24(2)31(29,30)15-7-5-6-14(10-15)11-18(27)28/h5-7,10H,3-4,8-9,11-12H2,1-2H3,(H,27,28)(H2,21,22,23). The Labute approximate surface area is 180 Å². The number of carbonyl (C=O) groups is 2. The molecule has 0 atom stereocenters. The van der Waals surface area contributed by atoms with Gasteiger partial charge in [0.1, 0.15) is 17.5 Å². The number of hydrogen-bond acceptors (Lipinski definition) is 7. The van der Waals surface area contributed by atoms with Crippen LogP contribution in [0.3, 0.4) is 0 Å². The number of anilines is 2. The Balaban J connectivity index is 1.59. The van der Waals surface area contributed by atoms with E-state index in [0.29, 0.717) is 48.0 Å². The van der Waals surface area contributed by atoms with Crippen molar-refractivity contribution in [1.29, 1.82) is 0 Å². The van der Waals surface area contributed by atoms with Crippen LogP contribution >= 0.6 is 0 Å². The van der Waals surface area contributed by atoms with E-state index in [-0.39, 0.29) is 30.2 Å². The molecule has 0 unspecified atom stereocenters. The summed E-state index contributed by atoms with van der Waals surface area (Å²) in [7, 11) is -2.27. The average Bonchev–Trinajstić information content (AvgIpc) is 3.00. The highest BCUT2D eigenvalue weighted by Crippen LogP contribution is 2.30. The zero-order chi connectivity index (χ0) is 22.8. The molecule has 0 fully saturated rings. The lowest BCUT2D eigenvalue weighted by Crippen LogP contribution is -2.31. The molecule has 1 amide bonds. The molecule has 10 nitrogen and oxygen atoms in total. The Morgan fingerprint density at radius 1 is 1.29 bits per heavy atom. The van der Waals surface area contributed by atoms with Crippen molar-refractivity contribution in [3.63, 3.8) is 0 Å². The molecule has 31 heavy (non-hydrogen) atoms. The van der Waals surface area contributed by atoms with Crippen LogP contribution in [0.5, 0.6) is 0 Å². The second-order valence-electron chi connectivity index (χ2n) is 7.43. The fourth-order valence-corrected chi connectivity index (χ4v) is 4.77. The number of fused-ring (bicyclic) bond motifs is 1. The second-order valence-corrected chi connectivity index (χ2v) is 9.48. The molecule has 0 saturated carbocycles. The van der Waals surface area contributed by atoms with Crippen molar-refractivity contribution in [2.24, 2.45) is 0 Å². The first-order chi connectivity index (χ1) is 14.6. The summed E-state index contributed by atoms with van der Waals surface area (Å²) in [6.45, 7) is 2.37. The summed E-state index contributed by atoms with van der Waals surface area (Å²) in [6, 6.07) is 5.94. The molecule has 1 aromatic heterocycles. The number of carbonyl (C=O) groups excluding carboxylic acids is 1. The van der Waals surface area contributed by atoms with E-state index in [1.165, 1.54) is 29.6 Å². The highest BCUT2D eigenvalue weighted by atomic mass is 32.2. The summed E-state index contributed by atoms with van der Waals surface area (Å²) in [5.74, 6) is 0.216. The van der Waals surface area contributed by atoms with Crippen molar-refractivity contribution < 1.29 is 23.1 Å². The van der Waals surface area contributed by atoms with Gasteiger partial charge in [-0.1, -0.05) is 12.1 Å². The van der Waals surface area contributed by atoms with Gasteiger partial charge in [0.2, 0.25) is 15.9 Å². The second kappa shape index (κ2) is 8.98. The highest BCUT2D eigenvalue weighted by molar-refractivity contribution is 7.89. The van der Waals surface area contributed by atoms with Crippen molar-refractivity contribution in [1.82, 2.24) is 14.3 Å². The van der Waals surface area contributed by atoms with Crippen LogP contribution in [0.4, 0.5) is 11.6 Å². The van der Waals surface area contributed by atoms with Crippen LogP contribution in [0.15, 0.2) is 29.2 Å². The van der Waals surface area contributed by atoms with Crippen LogP contribution in [-0.4, -0.2) is 59.8 Å². The Kier molecular flexibility index (Phi) is 6.56. The third-order valence-electron chi connectivity index (χ3n) is 5.08. The molecule has 3 N–H and O–H groups in total. The molecule has 0 aliphatic carbocycles. The SMILES string of the molecule is Cc1nc(N)c2c(n1)N(CCCCN(C)S(=O)(=O)c1cccc(CC(=O)O)c1)C(=O)C2. The normalized spacial score (nSPS) is 13.6. The van der Waals surface area contributed by atoms with E-state index in [4.69, 9.17) is 10.8 Å². The highest BCUT2D eigenvalue weighted by Gasteiger charge is 2.31. The van der Waals surface area contributed by atoms with Gasteiger partial charge in [-0.2, -0.15) is 0 Å². The Bertz CT molecular complexity index is 1120. The number of benzene rings is 1. The summed E-state index contributed by atoms with van der Waals surface area (Å²) in [6.07, 6.45) is 1.03. The van der Waals surface area contributed by atoms with Crippen LogP contribution < -0.4 is 10.6 Å². The molecule has 3 rings (SSSR count). The number of hydrogen-bond donors (Lipinski definition) is 2. The van der Waals surface area contributed by atoms with E-state index < -0.39 is 16.0 Å². The minimum absolute atomic E-state index is 0.0556. The van der Waals surface area contributed by atoms with Gasteiger partial charge >= 0.3 is 5.97 Å². The summed E-state index contributed by atoms with van der Waals surface area (Å²) in [4.78, 5) is 33.3. The van der Waals surface area contributed by atoms with E-state index in [9.17, 15) is 18.0 Å². The number of nitrogen functional groups attached to an aromatic ring is 1. The van der Waals surface area contributed by atoms with E-state index >= 15 is 0 Å². The topological polar surface area (TPSA) is 147 Å². The van der Waals surface area contributed by atoms with E-state index in [1.807, 2.05) is 0 Å². The van der Waals surface area contributed by atoms with E-state index in [1.54, 1.807) is 17.9 Å². The first kappa shape index (κ1) is 22.6. The third-order valence-corrected chi connectivity index (χ3v) is 6.93. The van der Waals surface area contributed by atoms with Gasteiger partial charge in [0.15, 0.2) is 0 Å². The van der Waals surface area contributed by atoms with Crippen LogP contribution in [0, 0.1) is 6.92 Å². The van der Waals surface area contributed by atoms with Crippen LogP contribution in [0.1, 0.15) is 29.8 Å². The molecule has 2 heterocycles. The summed E-state index contributed by atoms with van der Waals surface area (Å²) in [5.41, 5.74) is 6.95. The molecular formula is C20H25N5O5S. The summed E-state index contributed by atoms with van der Waals surface area (Å²) in [5, 5.41) is 8.91. The number of unbranched alkanes of at least 4 members (excludes halogenated alkanes) is 1. The molecule has 0 saturated heterocycles. The number of carboxylic acid groups (broad SMARTS) is 1. The molecule has 0 bridgehead atoms. The van der Waals surface area contributed by atoms with Crippen molar-refractivity contribution >= 4 is 33.5 Å². The zero-order valence-electron chi connectivity index (χ0n) is 17.4. The van der Waals surface area contributed by atoms with Gasteiger partial charge in [-0.25, -0.2) is 22.7 Å². The Hall–Kier alpha value is -3.05. The van der Waals surface area contributed by atoms with Gasteiger partial charge in [0.25, 0.3) is 0 Å². The number of amides is 1. The third kappa shape index (κ3) is 5.00. The Morgan fingerprint density at radius 3 is 2.74 bits per heavy atom. The lowest BCUT2D eigenvalue weighted by Gasteiger charge is -2.19. The minimum Gasteiger partial charge on any atom is -0.481 e. The fraction of sp³-hybridized carbons (Fsp3) is 0.400. The molecule has 11 heteroatoms. The Morgan fingerprint density at radius 2 is 2.03 bits per heavy atom. The van der Waals surface area contributed by atoms with Crippen LogP contribution in [0.2, 0.25) is 0 Å². The summed E-state index contributed by atoms with van der Waals surface area (Å²) >= 11 is 0. The van der Waals surface area contributed by atoms with Crippen molar-refractivity contribution in [3.8, 4) is 0 Å². The predicted molar refractivity (Wildman–Crippen MR) is 114 cm³/mol. The van der Waals surface area contributed by atoms with Gasteiger partial charge < -0.3 is 10.8 Å². The quantitative estimate of drug-likeness (QED) is 0.541. The maximum absolute atomic E-state index is 12.8.